The summed E-state index contributed by atoms with van der Waals surface area (Å²) in [4.78, 5) is 13.5. The Morgan fingerprint density at radius 1 is 0.527 bits per heavy atom. The molecule has 4 heterocycles. The summed E-state index contributed by atoms with van der Waals surface area (Å²) in [7, 11) is 4.18. The zero-order chi connectivity index (χ0) is 38.4. The fourth-order valence-electron chi connectivity index (χ4n) is 7.46. The SMILES string of the molecule is Cc1ccc(-c2c(C)noc2C)cc1N(C)c1ccc(-c2ccc(-c3cc(-c4c(C)noc4C)cc(N(C)c4ccc(-c5cnco5)cc4)c3C)nc2)cc1. The summed E-state index contributed by atoms with van der Waals surface area (Å²) in [6.45, 7) is 12.2. The van der Waals surface area contributed by atoms with Crippen molar-refractivity contribution in [2.24, 2.45) is 0 Å². The summed E-state index contributed by atoms with van der Waals surface area (Å²) >= 11 is 0. The van der Waals surface area contributed by atoms with E-state index in [0.717, 1.165) is 107 Å². The lowest BCUT2D eigenvalue weighted by Gasteiger charge is -2.25. The third kappa shape index (κ3) is 6.58. The summed E-state index contributed by atoms with van der Waals surface area (Å²) in [6, 6.07) is 32.0. The average molecular weight is 727 g/mol. The molecule has 0 aliphatic rings. The van der Waals surface area contributed by atoms with Gasteiger partial charge < -0.3 is 23.3 Å². The smallest absolute Gasteiger partial charge is 0.181 e. The van der Waals surface area contributed by atoms with Gasteiger partial charge in [0, 0.05) is 70.9 Å². The first-order chi connectivity index (χ1) is 26.6. The molecule has 0 unspecified atom stereocenters. The Balaban J connectivity index is 1.09. The van der Waals surface area contributed by atoms with E-state index in [0.29, 0.717) is 0 Å². The second kappa shape index (κ2) is 14.2. The molecule has 0 N–H and O–H groups in total. The highest BCUT2D eigenvalue weighted by Crippen LogP contribution is 2.41. The van der Waals surface area contributed by atoms with Gasteiger partial charge in [0.2, 0.25) is 0 Å². The fourth-order valence-corrected chi connectivity index (χ4v) is 7.46. The van der Waals surface area contributed by atoms with E-state index in [1.807, 2.05) is 46.0 Å². The molecular formula is C46H42N6O3. The number of hydrogen-bond donors (Lipinski definition) is 0. The lowest BCUT2D eigenvalue weighted by Crippen LogP contribution is -2.12. The van der Waals surface area contributed by atoms with Crippen molar-refractivity contribution < 1.29 is 13.5 Å². The lowest BCUT2D eigenvalue weighted by molar-refractivity contribution is 0.393. The molecule has 0 amide bonds. The predicted molar refractivity (Wildman–Crippen MR) is 219 cm³/mol. The van der Waals surface area contributed by atoms with Gasteiger partial charge in [0.05, 0.1) is 23.3 Å². The van der Waals surface area contributed by atoms with Gasteiger partial charge in [-0.3, -0.25) is 4.98 Å². The molecule has 0 atom stereocenters. The van der Waals surface area contributed by atoms with Gasteiger partial charge in [0.25, 0.3) is 0 Å². The Morgan fingerprint density at radius 3 is 1.65 bits per heavy atom. The molecule has 9 heteroatoms. The summed E-state index contributed by atoms with van der Waals surface area (Å²) in [6.07, 6.45) is 5.13. The number of aryl methyl sites for hydroxylation is 5. The maximum Gasteiger partial charge on any atom is 0.181 e. The number of anilines is 4. The largest absolute Gasteiger partial charge is 0.444 e. The van der Waals surface area contributed by atoms with Gasteiger partial charge >= 0.3 is 0 Å². The first-order valence-electron chi connectivity index (χ1n) is 18.2. The van der Waals surface area contributed by atoms with Crippen LogP contribution < -0.4 is 9.80 Å². The lowest BCUT2D eigenvalue weighted by atomic mass is 9.94. The number of benzene rings is 4. The van der Waals surface area contributed by atoms with Crippen molar-refractivity contribution in [2.45, 2.75) is 41.5 Å². The summed E-state index contributed by atoms with van der Waals surface area (Å²) in [5.41, 5.74) is 17.5. The average Bonchev–Trinajstić information content (AvgIpc) is 3.95. The molecule has 0 spiro atoms. The van der Waals surface area contributed by atoms with Crippen LogP contribution in [-0.4, -0.2) is 34.4 Å². The van der Waals surface area contributed by atoms with Crippen LogP contribution in [0.1, 0.15) is 34.0 Å². The second-order valence-corrected chi connectivity index (χ2v) is 14.1. The maximum atomic E-state index is 5.60. The molecule has 8 aromatic rings. The van der Waals surface area contributed by atoms with Crippen molar-refractivity contribution >= 4 is 22.7 Å². The third-order valence-corrected chi connectivity index (χ3v) is 10.6. The van der Waals surface area contributed by atoms with Gasteiger partial charge in [-0.2, -0.15) is 0 Å². The third-order valence-electron chi connectivity index (χ3n) is 10.6. The molecule has 8 rings (SSSR count). The van der Waals surface area contributed by atoms with Crippen LogP contribution in [0, 0.1) is 41.5 Å². The van der Waals surface area contributed by atoms with Crippen molar-refractivity contribution in [3.05, 3.63) is 144 Å². The van der Waals surface area contributed by atoms with Crippen LogP contribution in [0.2, 0.25) is 0 Å². The van der Waals surface area contributed by atoms with Crippen molar-refractivity contribution in [3.8, 4) is 56.0 Å². The number of pyridine rings is 1. The summed E-state index contributed by atoms with van der Waals surface area (Å²) in [5.74, 6) is 2.33. The zero-order valence-corrected chi connectivity index (χ0v) is 32.3. The fraction of sp³-hybridized carbons (Fsp3) is 0.174. The van der Waals surface area contributed by atoms with Crippen molar-refractivity contribution in [2.75, 3.05) is 23.9 Å². The number of oxazole rings is 1. The minimum Gasteiger partial charge on any atom is -0.444 e. The van der Waals surface area contributed by atoms with Crippen LogP contribution in [0.25, 0.3) is 56.0 Å². The minimum absolute atomic E-state index is 0.733. The molecule has 0 bridgehead atoms. The molecule has 274 valence electrons. The Labute approximate surface area is 320 Å². The van der Waals surface area contributed by atoms with Crippen molar-refractivity contribution in [3.63, 3.8) is 0 Å². The predicted octanol–water partition coefficient (Wildman–Crippen LogP) is 11.8. The van der Waals surface area contributed by atoms with Gasteiger partial charge in [-0.1, -0.05) is 40.6 Å². The molecule has 0 fully saturated rings. The Morgan fingerprint density at radius 2 is 1.09 bits per heavy atom. The van der Waals surface area contributed by atoms with Gasteiger partial charge in [0.15, 0.2) is 12.2 Å². The molecule has 0 aliphatic carbocycles. The van der Waals surface area contributed by atoms with Crippen molar-refractivity contribution in [1.82, 2.24) is 20.3 Å². The van der Waals surface area contributed by atoms with E-state index in [9.17, 15) is 0 Å². The number of rotatable bonds is 9. The highest BCUT2D eigenvalue weighted by atomic mass is 16.5. The van der Waals surface area contributed by atoms with Crippen LogP contribution in [0.5, 0.6) is 0 Å². The van der Waals surface area contributed by atoms with Crippen molar-refractivity contribution in [1.29, 1.82) is 0 Å². The second-order valence-electron chi connectivity index (χ2n) is 14.1. The van der Waals surface area contributed by atoms with E-state index in [4.69, 9.17) is 18.4 Å². The molecule has 0 aliphatic heterocycles. The van der Waals surface area contributed by atoms with E-state index in [1.54, 1.807) is 6.20 Å². The number of aromatic nitrogens is 4. The quantitative estimate of drug-likeness (QED) is 0.144. The maximum absolute atomic E-state index is 5.60. The molecule has 0 saturated heterocycles. The Hall–Kier alpha value is -6.74. The molecular weight excluding hydrogens is 685 g/mol. The van der Waals surface area contributed by atoms with E-state index < -0.39 is 0 Å². The Bertz CT molecular complexity index is 2580. The van der Waals surface area contributed by atoms with Crippen LogP contribution in [0.4, 0.5) is 22.7 Å². The Kier molecular flexibility index (Phi) is 9.14. The zero-order valence-electron chi connectivity index (χ0n) is 32.3. The number of hydrogen-bond acceptors (Lipinski definition) is 9. The van der Waals surface area contributed by atoms with E-state index in [1.165, 1.54) is 12.0 Å². The van der Waals surface area contributed by atoms with E-state index in [2.05, 4.69) is 132 Å². The number of nitrogens with zero attached hydrogens (tertiary/aromatic N) is 6. The topological polar surface area (TPSA) is 97.5 Å². The van der Waals surface area contributed by atoms with Gasteiger partial charge in [-0.05, 0) is 130 Å². The first-order valence-corrected chi connectivity index (χ1v) is 18.2. The van der Waals surface area contributed by atoms with Gasteiger partial charge in [-0.25, -0.2) is 4.98 Å². The highest BCUT2D eigenvalue weighted by molar-refractivity contribution is 5.85. The molecule has 4 aromatic heterocycles. The van der Waals surface area contributed by atoms with Gasteiger partial charge in [0.1, 0.15) is 11.5 Å². The minimum atomic E-state index is 0.733. The molecule has 4 aromatic carbocycles. The van der Waals surface area contributed by atoms with Crippen LogP contribution >= 0.6 is 0 Å². The van der Waals surface area contributed by atoms with E-state index >= 15 is 0 Å². The standard InChI is InChI=1S/C46H42N6O3/c1-27-9-10-35(45-29(3)49-54-31(45)5)22-42(27)51(7)38-16-11-33(12-17-38)36-15-20-41(48-24-36)40-21-37(46-30(4)50-55-32(46)6)23-43(28(40)2)52(8)39-18-13-34(14-19-39)44-25-47-26-53-44/h9-26H,1-8H3. The van der Waals surface area contributed by atoms with Crippen LogP contribution in [-0.2, 0) is 0 Å². The highest BCUT2D eigenvalue weighted by Gasteiger charge is 2.20. The molecule has 55 heavy (non-hydrogen) atoms. The van der Waals surface area contributed by atoms with Crippen LogP contribution in [0.15, 0.2) is 123 Å². The summed E-state index contributed by atoms with van der Waals surface area (Å²) < 4.78 is 16.6. The molecule has 9 nitrogen and oxygen atoms in total. The molecule has 0 saturated carbocycles. The first kappa shape index (κ1) is 35.3. The van der Waals surface area contributed by atoms with Crippen LogP contribution in [0.3, 0.4) is 0 Å². The van der Waals surface area contributed by atoms with E-state index in [-0.39, 0.29) is 0 Å². The monoisotopic (exact) mass is 726 g/mol. The normalized spacial score (nSPS) is 11.3. The summed E-state index contributed by atoms with van der Waals surface area (Å²) in [5, 5.41) is 8.42. The van der Waals surface area contributed by atoms with Gasteiger partial charge in [-0.15, -0.1) is 0 Å². The molecule has 0 radical (unpaired) electrons.